The molecule has 78 valence electrons. The van der Waals surface area contributed by atoms with Crippen LogP contribution in [0.3, 0.4) is 0 Å². The SMILES string of the molecule is CCCSc1ncnc(NCC)c1C. The van der Waals surface area contributed by atoms with Crippen LogP contribution in [0.25, 0.3) is 0 Å². The number of aromatic nitrogens is 2. The zero-order valence-corrected chi connectivity index (χ0v) is 9.82. The first-order chi connectivity index (χ1) is 6.79. The molecule has 0 saturated heterocycles. The minimum absolute atomic E-state index is 0.899. The highest BCUT2D eigenvalue weighted by molar-refractivity contribution is 7.99. The van der Waals surface area contributed by atoms with Gasteiger partial charge in [0, 0.05) is 12.1 Å². The van der Waals surface area contributed by atoms with Crippen LogP contribution in [0.5, 0.6) is 0 Å². The summed E-state index contributed by atoms with van der Waals surface area (Å²) < 4.78 is 0. The van der Waals surface area contributed by atoms with Crippen LogP contribution in [0.1, 0.15) is 25.8 Å². The van der Waals surface area contributed by atoms with E-state index in [1.165, 1.54) is 6.42 Å². The number of hydrogen-bond donors (Lipinski definition) is 1. The van der Waals surface area contributed by atoms with E-state index in [1.807, 2.05) is 0 Å². The van der Waals surface area contributed by atoms with E-state index >= 15 is 0 Å². The Morgan fingerprint density at radius 1 is 1.36 bits per heavy atom. The van der Waals surface area contributed by atoms with Crippen LogP contribution in [-0.4, -0.2) is 22.3 Å². The average Bonchev–Trinajstić information content (AvgIpc) is 2.20. The molecule has 1 heterocycles. The summed E-state index contributed by atoms with van der Waals surface area (Å²) in [6, 6.07) is 0. The van der Waals surface area contributed by atoms with E-state index in [4.69, 9.17) is 0 Å². The van der Waals surface area contributed by atoms with Gasteiger partial charge >= 0.3 is 0 Å². The highest BCUT2D eigenvalue weighted by Gasteiger charge is 2.05. The molecule has 0 aliphatic rings. The highest BCUT2D eigenvalue weighted by atomic mass is 32.2. The molecule has 0 saturated carbocycles. The summed E-state index contributed by atoms with van der Waals surface area (Å²) in [6.07, 6.45) is 2.80. The maximum absolute atomic E-state index is 4.27. The Morgan fingerprint density at radius 2 is 2.14 bits per heavy atom. The molecule has 1 aromatic rings. The van der Waals surface area contributed by atoms with Gasteiger partial charge in [-0.2, -0.15) is 0 Å². The number of nitrogens with zero attached hydrogens (tertiary/aromatic N) is 2. The minimum atomic E-state index is 0.899. The predicted octanol–water partition coefficient (Wildman–Crippen LogP) is 2.72. The van der Waals surface area contributed by atoms with Crippen LogP contribution in [0.15, 0.2) is 11.4 Å². The number of anilines is 1. The fraction of sp³-hybridized carbons (Fsp3) is 0.600. The van der Waals surface area contributed by atoms with Crippen LogP contribution in [0, 0.1) is 6.92 Å². The van der Waals surface area contributed by atoms with Gasteiger partial charge in [0.1, 0.15) is 17.2 Å². The van der Waals surface area contributed by atoms with Crippen LogP contribution in [0.2, 0.25) is 0 Å². The zero-order valence-electron chi connectivity index (χ0n) is 9.00. The molecule has 1 rings (SSSR count). The molecule has 0 aliphatic heterocycles. The summed E-state index contributed by atoms with van der Waals surface area (Å²) in [5.41, 5.74) is 1.16. The summed E-state index contributed by atoms with van der Waals surface area (Å²) in [4.78, 5) is 8.47. The lowest BCUT2D eigenvalue weighted by molar-refractivity contribution is 0.986. The second-order valence-corrected chi connectivity index (χ2v) is 4.11. The van der Waals surface area contributed by atoms with Crippen molar-refractivity contribution in [1.82, 2.24) is 9.97 Å². The highest BCUT2D eigenvalue weighted by Crippen LogP contribution is 2.23. The Balaban J connectivity index is 2.78. The maximum atomic E-state index is 4.27. The van der Waals surface area contributed by atoms with Gasteiger partial charge in [0.15, 0.2) is 0 Å². The Hall–Kier alpha value is -0.770. The van der Waals surface area contributed by atoms with Crippen molar-refractivity contribution in [2.45, 2.75) is 32.2 Å². The standard InChI is InChI=1S/C10H17N3S/c1-4-6-14-10-8(3)9(11-5-2)12-7-13-10/h7H,4-6H2,1-3H3,(H,11,12,13). The molecule has 0 aromatic carbocycles. The van der Waals surface area contributed by atoms with Gasteiger partial charge in [-0.3, -0.25) is 0 Å². The van der Waals surface area contributed by atoms with Gasteiger partial charge < -0.3 is 5.32 Å². The molecule has 1 aromatic heterocycles. The lowest BCUT2D eigenvalue weighted by Crippen LogP contribution is -2.03. The smallest absolute Gasteiger partial charge is 0.133 e. The molecule has 0 bridgehead atoms. The van der Waals surface area contributed by atoms with Gasteiger partial charge in [0.25, 0.3) is 0 Å². The van der Waals surface area contributed by atoms with E-state index in [0.717, 1.165) is 28.7 Å². The van der Waals surface area contributed by atoms with Crippen LogP contribution in [-0.2, 0) is 0 Å². The molecule has 3 nitrogen and oxygen atoms in total. The summed E-state index contributed by atoms with van der Waals surface area (Å²) in [5.74, 6) is 2.07. The quantitative estimate of drug-likeness (QED) is 0.600. The van der Waals surface area contributed by atoms with Crippen LogP contribution < -0.4 is 5.32 Å². The third-order valence-corrected chi connectivity index (χ3v) is 3.12. The van der Waals surface area contributed by atoms with Crippen LogP contribution in [0.4, 0.5) is 5.82 Å². The van der Waals surface area contributed by atoms with E-state index in [1.54, 1.807) is 18.1 Å². The molecule has 4 heteroatoms. The largest absolute Gasteiger partial charge is 0.370 e. The van der Waals surface area contributed by atoms with Crippen molar-refractivity contribution >= 4 is 17.6 Å². The van der Waals surface area contributed by atoms with Crippen LogP contribution >= 0.6 is 11.8 Å². The Labute approximate surface area is 89.7 Å². The second kappa shape index (κ2) is 5.86. The Kier molecular flexibility index (Phi) is 4.73. The summed E-state index contributed by atoms with van der Waals surface area (Å²) in [7, 11) is 0. The normalized spacial score (nSPS) is 10.2. The van der Waals surface area contributed by atoms with Gasteiger partial charge in [0.05, 0.1) is 0 Å². The molecule has 0 radical (unpaired) electrons. The van der Waals surface area contributed by atoms with Crippen molar-refractivity contribution < 1.29 is 0 Å². The van der Waals surface area contributed by atoms with Crippen molar-refractivity contribution in [3.05, 3.63) is 11.9 Å². The molecule has 0 aliphatic carbocycles. The lowest BCUT2D eigenvalue weighted by Gasteiger charge is -2.08. The minimum Gasteiger partial charge on any atom is -0.370 e. The molecule has 0 spiro atoms. The molecule has 0 unspecified atom stereocenters. The summed E-state index contributed by atoms with van der Waals surface area (Å²) in [5, 5.41) is 4.32. The summed E-state index contributed by atoms with van der Waals surface area (Å²) in [6.45, 7) is 7.21. The van der Waals surface area contributed by atoms with Crippen molar-refractivity contribution in [1.29, 1.82) is 0 Å². The maximum Gasteiger partial charge on any atom is 0.133 e. The second-order valence-electron chi connectivity index (χ2n) is 3.03. The summed E-state index contributed by atoms with van der Waals surface area (Å²) >= 11 is 1.80. The predicted molar refractivity (Wildman–Crippen MR) is 61.9 cm³/mol. The molecule has 0 atom stereocenters. The van der Waals surface area contributed by atoms with Gasteiger partial charge in [0.2, 0.25) is 0 Å². The fourth-order valence-corrected chi connectivity index (χ4v) is 1.96. The van der Waals surface area contributed by atoms with E-state index in [2.05, 4.69) is 36.1 Å². The number of thioether (sulfide) groups is 1. The molecule has 0 fully saturated rings. The number of nitrogens with one attached hydrogen (secondary N) is 1. The fourth-order valence-electron chi connectivity index (χ4n) is 1.12. The molecule has 0 amide bonds. The van der Waals surface area contributed by atoms with E-state index in [9.17, 15) is 0 Å². The molecular formula is C10H17N3S. The van der Waals surface area contributed by atoms with Crippen molar-refractivity contribution in [2.24, 2.45) is 0 Å². The third kappa shape index (κ3) is 2.87. The van der Waals surface area contributed by atoms with Crippen molar-refractivity contribution in [3.8, 4) is 0 Å². The van der Waals surface area contributed by atoms with Crippen molar-refractivity contribution in [2.75, 3.05) is 17.6 Å². The Morgan fingerprint density at radius 3 is 2.79 bits per heavy atom. The third-order valence-electron chi connectivity index (χ3n) is 1.82. The molecule has 14 heavy (non-hydrogen) atoms. The lowest BCUT2D eigenvalue weighted by atomic mass is 10.3. The first kappa shape index (κ1) is 11.3. The van der Waals surface area contributed by atoms with Gasteiger partial charge in [-0.1, -0.05) is 6.92 Å². The Bertz CT molecular complexity index is 289. The molecule has 1 N–H and O–H groups in total. The van der Waals surface area contributed by atoms with Gasteiger partial charge in [-0.25, -0.2) is 9.97 Å². The molecular weight excluding hydrogens is 194 g/mol. The van der Waals surface area contributed by atoms with E-state index in [0.29, 0.717) is 0 Å². The first-order valence-corrected chi connectivity index (χ1v) is 5.96. The van der Waals surface area contributed by atoms with E-state index in [-0.39, 0.29) is 0 Å². The number of hydrogen-bond acceptors (Lipinski definition) is 4. The van der Waals surface area contributed by atoms with Gasteiger partial charge in [-0.05, 0) is 26.0 Å². The average molecular weight is 211 g/mol. The topological polar surface area (TPSA) is 37.8 Å². The first-order valence-electron chi connectivity index (χ1n) is 4.97. The monoisotopic (exact) mass is 211 g/mol. The van der Waals surface area contributed by atoms with Gasteiger partial charge in [-0.15, -0.1) is 11.8 Å². The number of rotatable bonds is 5. The zero-order chi connectivity index (χ0) is 10.4. The van der Waals surface area contributed by atoms with E-state index < -0.39 is 0 Å². The van der Waals surface area contributed by atoms with Crippen molar-refractivity contribution in [3.63, 3.8) is 0 Å².